The van der Waals surface area contributed by atoms with E-state index in [1.807, 2.05) is 54.6 Å². The van der Waals surface area contributed by atoms with Crippen LogP contribution in [0.4, 0.5) is 5.69 Å². The maximum atomic E-state index is 13.3. The summed E-state index contributed by atoms with van der Waals surface area (Å²) in [6.07, 6.45) is 0. The minimum Gasteiger partial charge on any atom is -0.326 e. The van der Waals surface area contributed by atoms with Crippen LogP contribution in [0, 0.1) is 0 Å². The van der Waals surface area contributed by atoms with E-state index in [2.05, 4.69) is 5.32 Å². The monoisotopic (exact) mass is 504 g/mol. The number of carbonyl (C=O) groups excluding carboxylic acids is 3. The van der Waals surface area contributed by atoms with Gasteiger partial charge < -0.3 is 5.32 Å². The van der Waals surface area contributed by atoms with Crippen molar-refractivity contribution in [1.82, 2.24) is 5.32 Å². The van der Waals surface area contributed by atoms with Gasteiger partial charge >= 0.3 is 0 Å². The molecule has 1 heterocycles. The zero-order chi connectivity index (χ0) is 23.9. The molecule has 1 amide bonds. The first-order chi connectivity index (χ1) is 16.5. The third-order valence-electron chi connectivity index (χ3n) is 4.93. The minimum absolute atomic E-state index is 0.0633. The largest absolute Gasteiger partial charge is 0.326 e. The van der Waals surface area contributed by atoms with E-state index in [0.29, 0.717) is 21.1 Å². The van der Waals surface area contributed by atoms with Crippen molar-refractivity contribution in [1.29, 1.82) is 0 Å². The number of benzene rings is 3. The smallest absolute Gasteiger partial charge is 0.282 e. The molecular weight excluding hydrogens is 484 g/mol. The molecule has 1 aliphatic heterocycles. The summed E-state index contributed by atoms with van der Waals surface area (Å²) in [4.78, 5) is 40.1. The van der Waals surface area contributed by atoms with Crippen LogP contribution in [0.25, 0.3) is 0 Å². The Balaban J connectivity index is 1.58. The molecule has 34 heavy (non-hydrogen) atoms. The van der Waals surface area contributed by atoms with Crippen LogP contribution in [0.15, 0.2) is 101 Å². The van der Waals surface area contributed by atoms with E-state index >= 15 is 0 Å². The van der Waals surface area contributed by atoms with Crippen LogP contribution in [0.3, 0.4) is 0 Å². The lowest BCUT2D eigenvalue weighted by molar-refractivity contribution is -0.113. The van der Waals surface area contributed by atoms with Crippen molar-refractivity contribution in [3.8, 4) is 0 Å². The summed E-state index contributed by atoms with van der Waals surface area (Å²) < 4.78 is 0.555. The van der Waals surface area contributed by atoms with Crippen molar-refractivity contribution >= 4 is 64.0 Å². The highest BCUT2D eigenvalue weighted by Crippen LogP contribution is 2.35. The Bertz CT molecular complexity index is 1190. The number of ketones is 2. The quantitative estimate of drug-likeness (QED) is 0.241. The van der Waals surface area contributed by atoms with Crippen molar-refractivity contribution in [3.05, 3.63) is 112 Å². The topological polar surface area (TPSA) is 66.5 Å². The first kappa shape index (κ1) is 23.9. The van der Waals surface area contributed by atoms with Gasteiger partial charge in [0.2, 0.25) is 0 Å². The highest BCUT2D eigenvalue weighted by molar-refractivity contribution is 8.22. The molecule has 5 nitrogen and oxygen atoms in total. The molecule has 0 radical (unpaired) electrons. The molecule has 1 N–H and O–H groups in total. The summed E-state index contributed by atoms with van der Waals surface area (Å²) in [5.74, 6) is -0.186. The van der Waals surface area contributed by atoms with Gasteiger partial charge in [-0.3, -0.25) is 19.3 Å². The molecule has 1 fully saturated rings. The summed E-state index contributed by atoms with van der Waals surface area (Å²) in [6.45, 7) is 0. The van der Waals surface area contributed by atoms with Crippen LogP contribution in [0.5, 0.6) is 0 Å². The van der Waals surface area contributed by atoms with Crippen molar-refractivity contribution in [3.63, 3.8) is 0 Å². The summed E-state index contributed by atoms with van der Waals surface area (Å²) in [7, 11) is 0. The normalized spacial score (nSPS) is 13.1. The molecule has 0 atom stereocenters. The van der Waals surface area contributed by atoms with Gasteiger partial charge in [-0.15, -0.1) is 23.5 Å². The van der Waals surface area contributed by atoms with Gasteiger partial charge in [0.25, 0.3) is 5.91 Å². The lowest BCUT2D eigenvalue weighted by atomic mass is 10.2. The van der Waals surface area contributed by atoms with Gasteiger partial charge in [0.15, 0.2) is 16.7 Å². The summed E-state index contributed by atoms with van der Waals surface area (Å²) in [6, 6.07) is 27.1. The van der Waals surface area contributed by atoms with E-state index in [9.17, 15) is 14.4 Å². The van der Waals surface area contributed by atoms with Gasteiger partial charge in [-0.1, -0.05) is 78.9 Å². The molecule has 170 valence electrons. The number of anilines is 1. The molecule has 0 aliphatic carbocycles. The Hall–Kier alpha value is -3.20. The van der Waals surface area contributed by atoms with Gasteiger partial charge in [-0.05, 0) is 24.4 Å². The molecule has 0 unspecified atom stereocenters. The summed E-state index contributed by atoms with van der Waals surface area (Å²) in [5, 5.41) is 3.26. The number of nitrogens with one attached hydrogen (secondary N) is 1. The van der Waals surface area contributed by atoms with E-state index in [1.54, 1.807) is 36.4 Å². The number of hydrogen-bond acceptors (Lipinski definition) is 6. The molecule has 4 rings (SSSR count). The van der Waals surface area contributed by atoms with Crippen molar-refractivity contribution in [2.24, 2.45) is 0 Å². The third kappa shape index (κ3) is 5.64. The summed E-state index contributed by atoms with van der Waals surface area (Å²) in [5.41, 5.74) is 2.12. The van der Waals surface area contributed by atoms with Gasteiger partial charge in [-0.25, -0.2) is 0 Å². The van der Waals surface area contributed by atoms with E-state index in [1.165, 1.54) is 28.4 Å². The maximum Gasteiger partial charge on any atom is 0.282 e. The molecule has 0 bridgehead atoms. The lowest BCUT2D eigenvalue weighted by Crippen LogP contribution is -2.30. The second kappa shape index (κ2) is 11.3. The van der Waals surface area contributed by atoms with Gasteiger partial charge in [-0.2, -0.15) is 0 Å². The second-order valence-corrected chi connectivity index (χ2v) is 9.84. The zero-order valence-corrected chi connectivity index (χ0v) is 20.4. The highest BCUT2D eigenvalue weighted by Gasteiger charge is 2.35. The number of thiocarbonyl (C=S) groups is 1. The number of Topliss-reactive ketones (excluding diaryl/α,β-unsaturated/α-hetero) is 2. The number of thioether (sulfide) groups is 2. The van der Waals surface area contributed by atoms with Crippen molar-refractivity contribution in [2.75, 3.05) is 16.4 Å². The SMILES string of the molecule is O=C(CSC(SCC(=O)c1ccccc1)=C1NC(=S)N(c2ccccc2)C1=O)c1ccccc1. The number of nitrogens with zero attached hydrogens (tertiary/aromatic N) is 1. The molecule has 1 aliphatic rings. The predicted octanol–water partition coefficient (Wildman–Crippen LogP) is 5.31. The van der Waals surface area contributed by atoms with E-state index in [4.69, 9.17) is 12.2 Å². The van der Waals surface area contributed by atoms with Crippen LogP contribution in [-0.4, -0.2) is 34.1 Å². The van der Waals surface area contributed by atoms with Crippen molar-refractivity contribution in [2.45, 2.75) is 0 Å². The third-order valence-corrected chi connectivity index (χ3v) is 7.67. The molecular formula is C26H20N2O3S3. The van der Waals surface area contributed by atoms with Crippen molar-refractivity contribution < 1.29 is 14.4 Å². The van der Waals surface area contributed by atoms with E-state index in [0.717, 1.165) is 0 Å². The summed E-state index contributed by atoms with van der Waals surface area (Å²) >= 11 is 7.89. The van der Waals surface area contributed by atoms with Gasteiger partial charge in [0, 0.05) is 11.1 Å². The van der Waals surface area contributed by atoms with Crippen LogP contribution in [-0.2, 0) is 4.79 Å². The molecule has 0 aromatic heterocycles. The average Bonchev–Trinajstić information content (AvgIpc) is 3.18. The Morgan fingerprint density at radius 2 is 1.18 bits per heavy atom. The maximum absolute atomic E-state index is 13.3. The predicted molar refractivity (Wildman–Crippen MR) is 143 cm³/mol. The van der Waals surface area contributed by atoms with Crippen LogP contribution in [0.1, 0.15) is 20.7 Å². The Morgan fingerprint density at radius 1 is 0.735 bits per heavy atom. The second-order valence-electron chi connectivity index (χ2n) is 7.22. The van der Waals surface area contributed by atoms with E-state index in [-0.39, 0.29) is 39.8 Å². The Morgan fingerprint density at radius 3 is 1.65 bits per heavy atom. The fourth-order valence-corrected chi connectivity index (χ4v) is 5.63. The Labute approximate surface area is 211 Å². The number of para-hydroxylation sites is 1. The average molecular weight is 505 g/mol. The fourth-order valence-electron chi connectivity index (χ4n) is 3.23. The molecule has 0 spiro atoms. The zero-order valence-electron chi connectivity index (χ0n) is 18.0. The first-order valence-corrected chi connectivity index (χ1v) is 12.8. The Kier molecular flexibility index (Phi) is 7.95. The number of rotatable bonds is 9. The number of amides is 1. The van der Waals surface area contributed by atoms with E-state index < -0.39 is 0 Å². The number of carbonyl (C=O) groups is 3. The highest BCUT2D eigenvalue weighted by atomic mass is 32.2. The fraction of sp³-hybridized carbons (Fsp3) is 0.0769. The van der Waals surface area contributed by atoms with Crippen LogP contribution < -0.4 is 10.2 Å². The minimum atomic E-state index is -0.314. The first-order valence-electron chi connectivity index (χ1n) is 10.4. The molecule has 3 aromatic rings. The number of hydrogen-bond donors (Lipinski definition) is 1. The standard InChI is InChI=1S/C26H20N2O3S3/c29-21(18-10-4-1-5-11-18)16-33-25(34-17-22(30)19-12-6-2-7-13-19)23-24(31)28(26(32)27-23)20-14-8-3-9-15-20/h1-15H,16-17H2,(H,27,32). The van der Waals surface area contributed by atoms with Crippen LogP contribution >= 0.6 is 35.7 Å². The van der Waals surface area contributed by atoms with Gasteiger partial charge in [0.1, 0.15) is 5.70 Å². The molecule has 8 heteroatoms. The van der Waals surface area contributed by atoms with Crippen LogP contribution in [0.2, 0.25) is 0 Å². The molecule has 1 saturated heterocycles. The lowest BCUT2D eigenvalue weighted by Gasteiger charge is -2.13. The molecule has 0 saturated carbocycles. The molecule has 3 aromatic carbocycles. The van der Waals surface area contributed by atoms with Gasteiger partial charge in [0.05, 0.1) is 21.4 Å².